The molecule has 0 N–H and O–H groups in total. The van der Waals surface area contributed by atoms with E-state index in [4.69, 9.17) is 4.74 Å². The molecule has 3 nitrogen and oxygen atoms in total. The van der Waals surface area contributed by atoms with Crippen molar-refractivity contribution in [1.82, 2.24) is 4.90 Å². The fraction of sp³-hybridized carbons (Fsp3) is 0.533. The standard InChI is InChI=1S/C15H21NO2/c1-12-7-8-16(10-14(12)11-17)9-13-3-5-15(18-2)6-4-13/h3-6,11-12,14H,7-10H2,1-2H3/t12-,14?/m0/s1. The molecule has 0 spiro atoms. The molecule has 1 unspecified atom stereocenters. The molecule has 1 heterocycles. The van der Waals surface area contributed by atoms with Gasteiger partial charge in [0.15, 0.2) is 0 Å². The second-order valence-electron chi connectivity index (χ2n) is 5.15. The Morgan fingerprint density at radius 3 is 2.72 bits per heavy atom. The SMILES string of the molecule is COc1ccc(CN2CC[C@H](C)C(C=O)C2)cc1. The van der Waals surface area contributed by atoms with Gasteiger partial charge in [0.25, 0.3) is 0 Å². The number of methoxy groups -OCH3 is 1. The first-order valence-electron chi connectivity index (χ1n) is 6.53. The smallest absolute Gasteiger partial charge is 0.124 e. The molecule has 1 aliphatic heterocycles. The minimum Gasteiger partial charge on any atom is -0.497 e. The minimum absolute atomic E-state index is 0.192. The van der Waals surface area contributed by atoms with Crippen LogP contribution in [-0.4, -0.2) is 31.4 Å². The minimum atomic E-state index is 0.192. The predicted molar refractivity (Wildman–Crippen MR) is 71.6 cm³/mol. The van der Waals surface area contributed by atoms with E-state index in [0.717, 1.165) is 38.1 Å². The van der Waals surface area contributed by atoms with Gasteiger partial charge in [-0.2, -0.15) is 0 Å². The molecule has 0 aliphatic carbocycles. The summed E-state index contributed by atoms with van der Waals surface area (Å²) in [4.78, 5) is 13.4. The highest BCUT2D eigenvalue weighted by Gasteiger charge is 2.25. The van der Waals surface area contributed by atoms with Crippen molar-refractivity contribution in [2.75, 3.05) is 20.2 Å². The van der Waals surface area contributed by atoms with Crippen LogP contribution in [0.15, 0.2) is 24.3 Å². The average Bonchev–Trinajstić information content (AvgIpc) is 2.42. The Bertz CT molecular complexity index is 388. The Kier molecular flexibility index (Phi) is 4.37. The van der Waals surface area contributed by atoms with Gasteiger partial charge in [-0.1, -0.05) is 19.1 Å². The van der Waals surface area contributed by atoms with Crippen LogP contribution in [0.1, 0.15) is 18.9 Å². The van der Waals surface area contributed by atoms with E-state index in [-0.39, 0.29) is 5.92 Å². The van der Waals surface area contributed by atoms with Crippen molar-refractivity contribution >= 4 is 6.29 Å². The molecule has 3 heteroatoms. The van der Waals surface area contributed by atoms with Crippen LogP contribution in [0.5, 0.6) is 5.75 Å². The van der Waals surface area contributed by atoms with Gasteiger partial charge >= 0.3 is 0 Å². The molecule has 98 valence electrons. The van der Waals surface area contributed by atoms with Gasteiger partial charge in [-0.05, 0) is 36.6 Å². The Morgan fingerprint density at radius 2 is 2.11 bits per heavy atom. The van der Waals surface area contributed by atoms with Crippen LogP contribution < -0.4 is 4.74 Å². The van der Waals surface area contributed by atoms with Gasteiger partial charge in [0, 0.05) is 19.0 Å². The number of hydrogen-bond donors (Lipinski definition) is 0. The molecule has 0 amide bonds. The Labute approximate surface area is 109 Å². The van der Waals surface area contributed by atoms with Crippen molar-refractivity contribution in [3.63, 3.8) is 0 Å². The van der Waals surface area contributed by atoms with E-state index in [0.29, 0.717) is 5.92 Å². The highest BCUT2D eigenvalue weighted by Crippen LogP contribution is 2.23. The summed E-state index contributed by atoms with van der Waals surface area (Å²) in [5, 5.41) is 0. The molecular formula is C15H21NO2. The first kappa shape index (κ1) is 13.1. The van der Waals surface area contributed by atoms with Crippen molar-refractivity contribution in [2.45, 2.75) is 19.9 Å². The summed E-state index contributed by atoms with van der Waals surface area (Å²) in [5.74, 6) is 1.60. The first-order valence-corrected chi connectivity index (χ1v) is 6.53. The van der Waals surface area contributed by atoms with Crippen molar-refractivity contribution in [3.05, 3.63) is 29.8 Å². The van der Waals surface area contributed by atoms with E-state index in [1.54, 1.807) is 7.11 Å². The van der Waals surface area contributed by atoms with Crippen molar-refractivity contribution < 1.29 is 9.53 Å². The number of ether oxygens (including phenoxy) is 1. The maximum absolute atomic E-state index is 11.0. The van der Waals surface area contributed by atoms with Gasteiger partial charge in [0.05, 0.1) is 7.11 Å². The van der Waals surface area contributed by atoms with E-state index < -0.39 is 0 Å². The van der Waals surface area contributed by atoms with Gasteiger partial charge in [-0.15, -0.1) is 0 Å². The second kappa shape index (κ2) is 6.01. The Morgan fingerprint density at radius 1 is 1.39 bits per heavy atom. The predicted octanol–water partition coefficient (Wildman–Crippen LogP) is 2.35. The van der Waals surface area contributed by atoms with E-state index >= 15 is 0 Å². The van der Waals surface area contributed by atoms with Gasteiger partial charge in [0.1, 0.15) is 12.0 Å². The fourth-order valence-corrected chi connectivity index (χ4v) is 2.48. The molecule has 0 aromatic heterocycles. The van der Waals surface area contributed by atoms with Crippen LogP contribution in [0.25, 0.3) is 0 Å². The third-order valence-corrected chi connectivity index (χ3v) is 3.84. The number of hydrogen-bond acceptors (Lipinski definition) is 3. The zero-order valence-electron chi connectivity index (χ0n) is 11.1. The number of nitrogens with zero attached hydrogens (tertiary/aromatic N) is 1. The van der Waals surface area contributed by atoms with Gasteiger partial charge < -0.3 is 9.53 Å². The summed E-state index contributed by atoms with van der Waals surface area (Å²) in [6.45, 7) is 5.05. The second-order valence-corrected chi connectivity index (χ2v) is 5.15. The highest BCUT2D eigenvalue weighted by atomic mass is 16.5. The van der Waals surface area contributed by atoms with E-state index in [9.17, 15) is 4.79 Å². The summed E-state index contributed by atoms with van der Waals surface area (Å²) in [6.07, 6.45) is 2.23. The number of aldehydes is 1. The lowest BCUT2D eigenvalue weighted by Crippen LogP contribution is -2.39. The molecule has 1 aromatic rings. The quantitative estimate of drug-likeness (QED) is 0.765. The van der Waals surface area contributed by atoms with Gasteiger partial charge in [-0.25, -0.2) is 0 Å². The molecule has 1 aliphatic rings. The van der Waals surface area contributed by atoms with E-state index in [1.165, 1.54) is 5.56 Å². The number of piperidine rings is 1. The number of likely N-dealkylation sites (tertiary alicyclic amines) is 1. The summed E-state index contributed by atoms with van der Waals surface area (Å²) < 4.78 is 5.15. The van der Waals surface area contributed by atoms with Crippen LogP contribution in [0.3, 0.4) is 0 Å². The van der Waals surface area contributed by atoms with Crippen molar-refractivity contribution in [2.24, 2.45) is 11.8 Å². The van der Waals surface area contributed by atoms with Gasteiger partial charge in [-0.3, -0.25) is 4.90 Å². The lowest BCUT2D eigenvalue weighted by molar-refractivity contribution is -0.114. The third-order valence-electron chi connectivity index (χ3n) is 3.84. The fourth-order valence-electron chi connectivity index (χ4n) is 2.48. The molecule has 1 fully saturated rings. The molecule has 18 heavy (non-hydrogen) atoms. The number of carbonyl (C=O) groups excluding carboxylic acids is 1. The lowest BCUT2D eigenvalue weighted by Gasteiger charge is -2.34. The number of carbonyl (C=O) groups is 1. The third kappa shape index (κ3) is 3.10. The number of benzene rings is 1. The molecular weight excluding hydrogens is 226 g/mol. The molecule has 0 bridgehead atoms. The summed E-state index contributed by atoms with van der Waals surface area (Å²) >= 11 is 0. The van der Waals surface area contributed by atoms with Crippen molar-refractivity contribution in [3.8, 4) is 5.75 Å². The normalized spacial score (nSPS) is 24.8. The number of rotatable bonds is 4. The molecule has 1 saturated heterocycles. The lowest BCUT2D eigenvalue weighted by atomic mass is 9.88. The maximum atomic E-state index is 11.0. The van der Waals surface area contributed by atoms with Crippen LogP contribution >= 0.6 is 0 Å². The van der Waals surface area contributed by atoms with Crippen LogP contribution in [0, 0.1) is 11.8 Å². The molecule has 0 saturated carbocycles. The Balaban J connectivity index is 1.94. The van der Waals surface area contributed by atoms with Crippen LogP contribution in [0.2, 0.25) is 0 Å². The zero-order valence-corrected chi connectivity index (χ0v) is 11.1. The van der Waals surface area contributed by atoms with Crippen LogP contribution in [-0.2, 0) is 11.3 Å². The van der Waals surface area contributed by atoms with E-state index in [1.807, 2.05) is 12.1 Å². The molecule has 2 rings (SSSR count). The summed E-state index contributed by atoms with van der Waals surface area (Å²) in [6, 6.07) is 8.15. The van der Waals surface area contributed by atoms with E-state index in [2.05, 4.69) is 24.0 Å². The van der Waals surface area contributed by atoms with Gasteiger partial charge in [0.2, 0.25) is 0 Å². The summed E-state index contributed by atoms with van der Waals surface area (Å²) in [5.41, 5.74) is 1.27. The first-order chi connectivity index (χ1) is 8.72. The highest BCUT2D eigenvalue weighted by molar-refractivity contribution is 5.54. The molecule has 0 radical (unpaired) electrons. The maximum Gasteiger partial charge on any atom is 0.124 e. The Hall–Kier alpha value is -1.35. The molecule has 2 atom stereocenters. The molecule has 1 aromatic carbocycles. The zero-order chi connectivity index (χ0) is 13.0. The monoisotopic (exact) mass is 247 g/mol. The van der Waals surface area contributed by atoms with Crippen molar-refractivity contribution in [1.29, 1.82) is 0 Å². The topological polar surface area (TPSA) is 29.5 Å². The summed E-state index contributed by atoms with van der Waals surface area (Å²) in [7, 11) is 1.68. The van der Waals surface area contributed by atoms with Crippen LogP contribution in [0.4, 0.5) is 0 Å². The average molecular weight is 247 g/mol. The largest absolute Gasteiger partial charge is 0.497 e.